The van der Waals surface area contributed by atoms with Crippen molar-refractivity contribution in [1.29, 1.82) is 0 Å². The zero-order chi connectivity index (χ0) is 20.0. The number of aryl methyl sites for hydroxylation is 1. The number of aromatic nitrogens is 1. The van der Waals surface area contributed by atoms with Crippen molar-refractivity contribution in [1.82, 2.24) is 4.98 Å². The van der Waals surface area contributed by atoms with Gasteiger partial charge in [-0.05, 0) is 48.9 Å². The monoisotopic (exact) mass is 399 g/mol. The molecule has 28 heavy (non-hydrogen) atoms. The molecule has 0 radical (unpaired) electrons. The maximum absolute atomic E-state index is 14.0. The standard InChI is InChI=1S/C21H15ClFNO4/c1-10-7-17(25)19(21(26)28-10)18-13-8-14(22)15(23)9-16(13)24-20(18)11-3-5-12(27-2)6-4-11/h3-9,24-25H,1-2H3. The fourth-order valence-corrected chi connectivity index (χ4v) is 3.41. The number of methoxy groups -OCH3 is 1. The summed E-state index contributed by atoms with van der Waals surface area (Å²) in [5.41, 5.74) is 1.32. The van der Waals surface area contributed by atoms with E-state index in [2.05, 4.69) is 4.98 Å². The van der Waals surface area contributed by atoms with Crippen molar-refractivity contribution >= 4 is 22.5 Å². The van der Waals surface area contributed by atoms with Crippen molar-refractivity contribution in [3.05, 3.63) is 69.5 Å². The lowest BCUT2D eigenvalue weighted by Crippen LogP contribution is -2.04. The van der Waals surface area contributed by atoms with E-state index in [-0.39, 0.29) is 22.1 Å². The lowest BCUT2D eigenvalue weighted by Gasteiger charge is -2.08. The van der Waals surface area contributed by atoms with Crippen LogP contribution in [0.5, 0.6) is 11.5 Å². The molecular formula is C21H15ClFNO4. The van der Waals surface area contributed by atoms with E-state index in [1.807, 2.05) is 0 Å². The zero-order valence-electron chi connectivity index (χ0n) is 15.0. The molecule has 4 aromatic rings. The second kappa shape index (κ2) is 6.73. The molecule has 0 saturated heterocycles. The molecule has 142 valence electrons. The second-order valence-electron chi connectivity index (χ2n) is 6.32. The van der Waals surface area contributed by atoms with Crippen LogP contribution in [0.25, 0.3) is 33.3 Å². The minimum Gasteiger partial charge on any atom is -0.507 e. The smallest absolute Gasteiger partial charge is 0.347 e. The summed E-state index contributed by atoms with van der Waals surface area (Å²) in [6.07, 6.45) is 0. The number of fused-ring (bicyclic) bond motifs is 1. The van der Waals surface area contributed by atoms with Crippen molar-refractivity contribution < 1.29 is 18.7 Å². The Morgan fingerprint density at radius 3 is 2.50 bits per heavy atom. The molecule has 0 unspecified atom stereocenters. The third-order valence-corrected chi connectivity index (χ3v) is 4.81. The predicted molar refractivity (Wildman–Crippen MR) is 106 cm³/mol. The average Bonchev–Trinajstić information content (AvgIpc) is 2.99. The first-order valence-electron chi connectivity index (χ1n) is 8.38. The fraction of sp³-hybridized carbons (Fsp3) is 0.0952. The first-order valence-corrected chi connectivity index (χ1v) is 8.76. The van der Waals surface area contributed by atoms with Gasteiger partial charge in [0.05, 0.1) is 17.8 Å². The molecule has 5 nitrogen and oxygen atoms in total. The fourth-order valence-electron chi connectivity index (χ4n) is 3.25. The van der Waals surface area contributed by atoms with Crippen LogP contribution < -0.4 is 10.4 Å². The molecule has 4 rings (SSSR count). The molecule has 0 aliphatic carbocycles. The van der Waals surface area contributed by atoms with Crippen LogP contribution in [0.3, 0.4) is 0 Å². The van der Waals surface area contributed by atoms with Gasteiger partial charge in [0.25, 0.3) is 0 Å². The van der Waals surface area contributed by atoms with E-state index in [0.717, 1.165) is 0 Å². The molecule has 2 aromatic heterocycles. The van der Waals surface area contributed by atoms with Gasteiger partial charge < -0.3 is 19.2 Å². The highest BCUT2D eigenvalue weighted by Gasteiger charge is 2.23. The summed E-state index contributed by atoms with van der Waals surface area (Å²) in [4.78, 5) is 15.7. The normalized spacial score (nSPS) is 11.1. The third-order valence-electron chi connectivity index (χ3n) is 4.52. The van der Waals surface area contributed by atoms with Gasteiger partial charge in [-0.3, -0.25) is 0 Å². The Balaban J connectivity index is 2.10. The van der Waals surface area contributed by atoms with Crippen molar-refractivity contribution in [2.75, 3.05) is 7.11 Å². The number of hydrogen-bond acceptors (Lipinski definition) is 4. The summed E-state index contributed by atoms with van der Waals surface area (Å²) in [5.74, 6) is 0.114. The maximum Gasteiger partial charge on any atom is 0.347 e. The zero-order valence-corrected chi connectivity index (χ0v) is 15.7. The Hall–Kier alpha value is -3.25. The van der Waals surface area contributed by atoms with Gasteiger partial charge in [0.1, 0.15) is 28.6 Å². The number of halogens is 2. The van der Waals surface area contributed by atoms with E-state index in [0.29, 0.717) is 33.5 Å². The van der Waals surface area contributed by atoms with Gasteiger partial charge in [-0.1, -0.05) is 11.6 Å². The van der Waals surface area contributed by atoms with Crippen LogP contribution in [0, 0.1) is 12.7 Å². The number of ether oxygens (including phenoxy) is 1. The van der Waals surface area contributed by atoms with Crippen LogP contribution in [0.1, 0.15) is 5.76 Å². The minimum absolute atomic E-state index is 0.0228. The Labute approximate surface area is 164 Å². The summed E-state index contributed by atoms with van der Waals surface area (Å²) in [5, 5.41) is 10.9. The largest absolute Gasteiger partial charge is 0.507 e. The molecule has 2 heterocycles. The molecule has 0 atom stereocenters. The van der Waals surface area contributed by atoms with E-state index >= 15 is 0 Å². The highest BCUT2D eigenvalue weighted by molar-refractivity contribution is 6.31. The van der Waals surface area contributed by atoms with Gasteiger partial charge in [0.15, 0.2) is 0 Å². The van der Waals surface area contributed by atoms with Gasteiger partial charge >= 0.3 is 5.63 Å². The molecule has 2 aromatic carbocycles. The quantitative estimate of drug-likeness (QED) is 0.492. The number of nitrogens with one attached hydrogen (secondary N) is 1. The Bertz CT molecular complexity index is 1260. The van der Waals surface area contributed by atoms with E-state index in [1.54, 1.807) is 38.3 Å². The van der Waals surface area contributed by atoms with Crippen molar-refractivity contribution in [2.45, 2.75) is 6.92 Å². The number of H-pyrrole nitrogens is 1. The molecule has 0 aliphatic heterocycles. The summed E-state index contributed by atoms with van der Waals surface area (Å²) in [6.45, 7) is 1.57. The van der Waals surface area contributed by atoms with Crippen LogP contribution in [-0.2, 0) is 0 Å². The molecule has 0 saturated carbocycles. The molecule has 0 bridgehead atoms. The van der Waals surface area contributed by atoms with E-state index < -0.39 is 11.4 Å². The number of rotatable bonds is 3. The first-order chi connectivity index (χ1) is 13.4. The SMILES string of the molecule is COc1ccc(-c2[nH]c3cc(F)c(Cl)cc3c2-c2c(O)cc(C)oc2=O)cc1. The molecule has 0 aliphatic rings. The summed E-state index contributed by atoms with van der Waals surface area (Å²) < 4.78 is 24.4. The molecular weight excluding hydrogens is 385 g/mol. The molecule has 0 fully saturated rings. The average molecular weight is 400 g/mol. The highest BCUT2D eigenvalue weighted by Crippen LogP contribution is 2.42. The first kappa shape index (κ1) is 18.1. The van der Waals surface area contributed by atoms with Gasteiger partial charge in [-0.2, -0.15) is 0 Å². The van der Waals surface area contributed by atoms with Crippen LogP contribution in [0.2, 0.25) is 5.02 Å². The summed E-state index contributed by atoms with van der Waals surface area (Å²) in [7, 11) is 1.56. The third kappa shape index (κ3) is 2.92. The molecule has 0 spiro atoms. The van der Waals surface area contributed by atoms with Crippen LogP contribution in [-0.4, -0.2) is 17.2 Å². The molecule has 7 heteroatoms. The van der Waals surface area contributed by atoms with Gasteiger partial charge in [-0.15, -0.1) is 0 Å². The van der Waals surface area contributed by atoms with E-state index in [1.165, 1.54) is 18.2 Å². The van der Waals surface area contributed by atoms with Gasteiger partial charge in [0, 0.05) is 22.5 Å². The Morgan fingerprint density at radius 1 is 1.14 bits per heavy atom. The number of hydrogen-bond donors (Lipinski definition) is 2. The predicted octanol–water partition coefficient (Wildman–Crippen LogP) is 5.27. The van der Waals surface area contributed by atoms with Crippen molar-refractivity contribution in [2.24, 2.45) is 0 Å². The highest BCUT2D eigenvalue weighted by atomic mass is 35.5. The molecule has 2 N–H and O–H groups in total. The minimum atomic E-state index is -0.700. The summed E-state index contributed by atoms with van der Waals surface area (Å²) in [6, 6.07) is 11.1. The van der Waals surface area contributed by atoms with Gasteiger partial charge in [-0.25, -0.2) is 9.18 Å². The maximum atomic E-state index is 14.0. The molecule has 0 amide bonds. The van der Waals surface area contributed by atoms with Crippen LogP contribution in [0.15, 0.2) is 51.7 Å². The number of benzene rings is 2. The number of aromatic amines is 1. The lowest BCUT2D eigenvalue weighted by atomic mass is 9.98. The number of aromatic hydroxyl groups is 1. The lowest BCUT2D eigenvalue weighted by molar-refractivity contribution is 0.415. The topological polar surface area (TPSA) is 75.5 Å². The second-order valence-corrected chi connectivity index (χ2v) is 6.73. The summed E-state index contributed by atoms with van der Waals surface area (Å²) >= 11 is 5.98. The Kier molecular flexibility index (Phi) is 4.35. The van der Waals surface area contributed by atoms with Crippen LogP contribution in [0.4, 0.5) is 4.39 Å². The van der Waals surface area contributed by atoms with E-state index in [4.69, 9.17) is 20.8 Å². The van der Waals surface area contributed by atoms with Gasteiger partial charge in [0.2, 0.25) is 0 Å². The van der Waals surface area contributed by atoms with Crippen molar-refractivity contribution in [3.8, 4) is 33.9 Å². The van der Waals surface area contributed by atoms with E-state index in [9.17, 15) is 14.3 Å². The Morgan fingerprint density at radius 2 is 1.86 bits per heavy atom. The van der Waals surface area contributed by atoms with Crippen molar-refractivity contribution in [3.63, 3.8) is 0 Å². The van der Waals surface area contributed by atoms with Crippen LogP contribution >= 0.6 is 11.6 Å².